The van der Waals surface area contributed by atoms with Gasteiger partial charge >= 0.3 is 5.97 Å². The molecule has 36 heavy (non-hydrogen) atoms. The van der Waals surface area contributed by atoms with E-state index in [0.717, 1.165) is 85.3 Å². The van der Waals surface area contributed by atoms with E-state index in [-0.39, 0.29) is 13.0 Å². The molecule has 0 aliphatic carbocycles. The predicted molar refractivity (Wildman–Crippen MR) is 143 cm³/mol. The summed E-state index contributed by atoms with van der Waals surface area (Å²) in [5, 5.41) is 25.5. The average molecular weight is 524 g/mol. The molecular formula is C24H53N5O7. The van der Waals surface area contributed by atoms with E-state index in [0.29, 0.717) is 19.5 Å². The maximum atomic E-state index is 11.1. The summed E-state index contributed by atoms with van der Waals surface area (Å²) < 4.78 is 0. The van der Waals surface area contributed by atoms with Crippen LogP contribution >= 0.6 is 0 Å². The minimum Gasteiger partial charge on any atom is -0.483 e. The van der Waals surface area contributed by atoms with Crippen molar-refractivity contribution in [1.29, 1.82) is 0 Å². The van der Waals surface area contributed by atoms with Crippen LogP contribution in [-0.2, 0) is 19.2 Å². The van der Waals surface area contributed by atoms with E-state index in [1.54, 1.807) is 0 Å². The molecule has 1 heterocycles. The molecule has 1 aliphatic heterocycles. The molecule has 1 fully saturated rings. The van der Waals surface area contributed by atoms with Crippen molar-refractivity contribution in [3.63, 3.8) is 0 Å². The first-order valence-electron chi connectivity index (χ1n) is 12.7. The van der Waals surface area contributed by atoms with Crippen molar-refractivity contribution in [3.8, 4) is 0 Å². The summed E-state index contributed by atoms with van der Waals surface area (Å²) in [7, 11) is 1.00. The van der Waals surface area contributed by atoms with Gasteiger partial charge in [-0.05, 0) is 19.5 Å². The number of rotatable bonds is 9. The molecule has 0 radical (unpaired) electrons. The van der Waals surface area contributed by atoms with E-state index < -0.39 is 5.97 Å². The van der Waals surface area contributed by atoms with E-state index in [2.05, 4.69) is 33.9 Å². The minimum atomic E-state index is -0.792. The largest absolute Gasteiger partial charge is 0.483 e. The maximum absolute atomic E-state index is 11.1. The number of aliphatic carboxylic acids is 1. The Morgan fingerprint density at radius 3 is 1.39 bits per heavy atom. The number of hydrogen-bond donors (Lipinski definition) is 4. The molecule has 216 valence electrons. The summed E-state index contributed by atoms with van der Waals surface area (Å²) in [5.74, 6) is -0.792. The molecule has 0 aromatic rings. The van der Waals surface area contributed by atoms with Gasteiger partial charge in [0.05, 0.1) is 13.1 Å². The highest BCUT2D eigenvalue weighted by molar-refractivity contribution is 5.69. The Balaban J connectivity index is -0.000000329. The van der Waals surface area contributed by atoms with E-state index in [9.17, 15) is 14.4 Å². The summed E-state index contributed by atoms with van der Waals surface area (Å²) in [6.45, 7) is 20.2. The van der Waals surface area contributed by atoms with Gasteiger partial charge in [0.2, 0.25) is 6.41 Å². The molecule has 0 atom stereocenters. The fourth-order valence-electron chi connectivity index (χ4n) is 3.05. The highest BCUT2D eigenvalue weighted by atomic mass is 16.4. The normalized spacial score (nSPS) is 15.6. The molecule has 1 amide bonds. The fraction of sp³-hybridized carbons (Fsp3) is 0.833. The summed E-state index contributed by atoms with van der Waals surface area (Å²) >= 11 is 0. The lowest BCUT2D eigenvalue weighted by Gasteiger charge is -2.32. The number of aldehydes is 1. The summed E-state index contributed by atoms with van der Waals surface area (Å²) in [6, 6.07) is 0. The third-order valence-electron chi connectivity index (χ3n) is 4.99. The van der Waals surface area contributed by atoms with Crippen molar-refractivity contribution < 1.29 is 34.5 Å². The lowest BCUT2D eigenvalue weighted by molar-refractivity contribution is -0.138. The van der Waals surface area contributed by atoms with Crippen molar-refractivity contribution in [2.75, 3.05) is 92.2 Å². The first-order chi connectivity index (χ1) is 17.4. The van der Waals surface area contributed by atoms with Gasteiger partial charge in [-0.3, -0.25) is 24.2 Å². The highest BCUT2D eigenvalue weighted by Crippen LogP contribution is 2.00. The molecule has 1 rings (SSSR count). The molecule has 0 aromatic carbocycles. The summed E-state index contributed by atoms with van der Waals surface area (Å²) in [5.41, 5.74) is 0. The van der Waals surface area contributed by atoms with Gasteiger partial charge in [0.25, 0.3) is 6.47 Å². The molecule has 0 unspecified atom stereocenters. The van der Waals surface area contributed by atoms with Crippen LogP contribution in [0.5, 0.6) is 0 Å². The SMILES string of the molecule is CC.CCCNC=O.CCN1CCN(CC)CCN(CC(=O)O)CCN(CC=O)CC1.CO.O=CO. The van der Waals surface area contributed by atoms with Crippen LogP contribution in [0.4, 0.5) is 0 Å². The molecule has 0 bridgehead atoms. The average Bonchev–Trinajstić information content (AvgIpc) is 2.89. The van der Waals surface area contributed by atoms with Crippen molar-refractivity contribution >= 4 is 25.1 Å². The first-order valence-corrected chi connectivity index (χ1v) is 12.7. The molecule has 0 spiro atoms. The van der Waals surface area contributed by atoms with Crippen LogP contribution < -0.4 is 5.32 Å². The van der Waals surface area contributed by atoms with Gasteiger partial charge in [-0.15, -0.1) is 0 Å². The lowest BCUT2D eigenvalue weighted by atomic mass is 10.3. The van der Waals surface area contributed by atoms with Gasteiger partial charge in [-0.25, -0.2) is 0 Å². The number of aliphatic hydroxyl groups is 1. The van der Waals surface area contributed by atoms with Crippen molar-refractivity contribution in [3.05, 3.63) is 0 Å². The second-order valence-corrected chi connectivity index (χ2v) is 7.18. The number of hydrogen-bond acceptors (Lipinski definition) is 9. The van der Waals surface area contributed by atoms with Crippen LogP contribution in [0.3, 0.4) is 0 Å². The van der Waals surface area contributed by atoms with Gasteiger partial charge in [0.15, 0.2) is 0 Å². The molecule has 0 saturated carbocycles. The summed E-state index contributed by atoms with van der Waals surface area (Å²) in [4.78, 5) is 48.6. The zero-order valence-corrected chi connectivity index (χ0v) is 23.4. The van der Waals surface area contributed by atoms with Gasteiger partial charge in [0.1, 0.15) is 6.29 Å². The van der Waals surface area contributed by atoms with Crippen molar-refractivity contribution in [2.24, 2.45) is 0 Å². The molecule has 1 saturated heterocycles. The van der Waals surface area contributed by atoms with Crippen molar-refractivity contribution in [1.82, 2.24) is 24.9 Å². The number of amides is 1. The fourth-order valence-corrected chi connectivity index (χ4v) is 3.05. The van der Waals surface area contributed by atoms with Crippen LogP contribution in [0.2, 0.25) is 0 Å². The minimum absolute atomic E-state index is 0.0631. The number of nitrogens with zero attached hydrogens (tertiary/aromatic N) is 4. The molecule has 12 nitrogen and oxygen atoms in total. The maximum Gasteiger partial charge on any atom is 0.317 e. The van der Waals surface area contributed by atoms with E-state index in [1.165, 1.54) is 0 Å². The van der Waals surface area contributed by atoms with E-state index in [4.69, 9.17) is 20.1 Å². The standard InChI is InChI=1S/C16H32N4O3.C4H9NO.C2H6.CH2O2.CH4O/c1-3-17-5-6-18(4-2)8-11-20(15-16(22)23)12-10-19(9-7-17)13-14-21;1-2-3-5-4-6;1-2;2-1-3;1-2/h14H,3-13,15H2,1-2H3,(H,22,23);4H,2-3H2,1H3,(H,5,6);1-2H3;1H,(H,2,3);2H,1H3. The van der Waals surface area contributed by atoms with Crippen molar-refractivity contribution in [2.45, 2.75) is 41.0 Å². The Bertz CT molecular complexity index is 488. The number of nitrogens with one attached hydrogen (secondary N) is 1. The van der Waals surface area contributed by atoms with Crippen LogP contribution in [0.15, 0.2) is 0 Å². The van der Waals surface area contributed by atoms with Gasteiger partial charge in [-0.2, -0.15) is 0 Å². The third kappa shape index (κ3) is 29.9. The molecular weight excluding hydrogens is 470 g/mol. The highest BCUT2D eigenvalue weighted by Gasteiger charge is 2.16. The third-order valence-corrected chi connectivity index (χ3v) is 4.99. The molecule has 0 aromatic heterocycles. The van der Waals surface area contributed by atoms with Crippen LogP contribution in [0.1, 0.15) is 41.0 Å². The Morgan fingerprint density at radius 2 is 1.14 bits per heavy atom. The van der Waals surface area contributed by atoms with Gasteiger partial charge in [0, 0.05) is 66.0 Å². The Labute approximate surface area is 218 Å². The van der Waals surface area contributed by atoms with E-state index >= 15 is 0 Å². The summed E-state index contributed by atoms with van der Waals surface area (Å²) in [6.07, 6.45) is 2.66. The number of aliphatic hydroxyl groups excluding tert-OH is 1. The van der Waals surface area contributed by atoms with Crippen LogP contribution in [0.25, 0.3) is 0 Å². The topological polar surface area (TPSA) is 154 Å². The first kappa shape index (κ1) is 41.0. The smallest absolute Gasteiger partial charge is 0.317 e. The number of carbonyl (C=O) groups excluding carboxylic acids is 2. The second-order valence-electron chi connectivity index (χ2n) is 7.18. The van der Waals surface area contributed by atoms with Gasteiger partial charge < -0.3 is 35.2 Å². The monoisotopic (exact) mass is 523 g/mol. The zero-order valence-electron chi connectivity index (χ0n) is 23.4. The van der Waals surface area contributed by atoms with Gasteiger partial charge in [-0.1, -0.05) is 34.6 Å². The Kier molecular flexibility index (Phi) is 39.9. The molecule has 12 heteroatoms. The second kappa shape index (κ2) is 35.0. The van der Waals surface area contributed by atoms with Crippen LogP contribution in [0, 0.1) is 0 Å². The van der Waals surface area contributed by atoms with E-state index in [1.807, 2.05) is 25.7 Å². The number of likely N-dealkylation sites (N-methyl/N-ethyl adjacent to an activating group) is 2. The zero-order chi connectivity index (χ0) is 28.6. The number of carboxylic acids is 1. The Hall–Kier alpha value is -2.12. The molecule has 1 aliphatic rings. The number of carbonyl (C=O) groups is 4. The molecule has 4 N–H and O–H groups in total. The number of carboxylic acid groups (broad SMARTS) is 2. The van der Waals surface area contributed by atoms with Crippen LogP contribution in [-0.4, -0.2) is 152 Å². The quantitative estimate of drug-likeness (QED) is 0.239. The Morgan fingerprint density at radius 1 is 0.778 bits per heavy atom. The predicted octanol–water partition coefficient (Wildman–Crippen LogP) is 0.00920. The lowest BCUT2D eigenvalue weighted by Crippen LogP contribution is -2.47.